The largest absolute Gasteiger partial charge is 0.494 e. The van der Waals surface area contributed by atoms with Crippen LogP contribution in [0, 0.1) is 5.82 Å². The van der Waals surface area contributed by atoms with Gasteiger partial charge in [-0.25, -0.2) is 4.39 Å². The van der Waals surface area contributed by atoms with Crippen molar-refractivity contribution in [3.05, 3.63) is 29.6 Å². The van der Waals surface area contributed by atoms with Gasteiger partial charge in [0, 0.05) is 26.2 Å². The van der Waals surface area contributed by atoms with E-state index in [2.05, 4.69) is 4.90 Å². The van der Waals surface area contributed by atoms with Gasteiger partial charge in [0.15, 0.2) is 11.6 Å². The Labute approximate surface area is 123 Å². The number of benzene rings is 1. The van der Waals surface area contributed by atoms with E-state index < -0.39 is 5.97 Å². The van der Waals surface area contributed by atoms with Crippen LogP contribution in [0.5, 0.6) is 5.75 Å². The number of hydrogen-bond donors (Lipinski definition) is 1. The topological polar surface area (TPSA) is 53.0 Å². The number of ether oxygens (including phenoxy) is 1. The number of carboxylic acid groups (broad SMARTS) is 1. The van der Waals surface area contributed by atoms with Crippen molar-refractivity contribution in [2.24, 2.45) is 0 Å². The van der Waals surface area contributed by atoms with Gasteiger partial charge in [0.1, 0.15) is 0 Å². The van der Waals surface area contributed by atoms with Crippen LogP contribution in [0.1, 0.15) is 12.0 Å². The molecule has 0 bridgehead atoms. The average molecular weight is 296 g/mol. The van der Waals surface area contributed by atoms with Crippen LogP contribution in [0.2, 0.25) is 0 Å². The lowest BCUT2D eigenvalue weighted by Crippen LogP contribution is -2.34. The Balaban J connectivity index is 1.91. The third-order valence-electron chi connectivity index (χ3n) is 3.66. The Bertz CT molecular complexity index is 496. The normalized spacial score (nSPS) is 17.4. The number of nitrogens with zero attached hydrogens (tertiary/aromatic N) is 2. The zero-order valence-corrected chi connectivity index (χ0v) is 12.2. The highest BCUT2D eigenvalue weighted by Crippen LogP contribution is 2.19. The molecule has 1 saturated heterocycles. The van der Waals surface area contributed by atoms with E-state index in [0.717, 1.165) is 38.2 Å². The van der Waals surface area contributed by atoms with Gasteiger partial charge in [-0.15, -0.1) is 0 Å². The molecule has 116 valence electrons. The molecule has 5 nitrogen and oxygen atoms in total. The summed E-state index contributed by atoms with van der Waals surface area (Å²) in [7, 11) is 1.45. The summed E-state index contributed by atoms with van der Waals surface area (Å²) in [6.45, 7) is 3.96. The molecule has 1 fully saturated rings. The van der Waals surface area contributed by atoms with E-state index in [1.807, 2.05) is 11.0 Å². The van der Waals surface area contributed by atoms with Gasteiger partial charge in [0.05, 0.1) is 13.7 Å². The minimum Gasteiger partial charge on any atom is -0.494 e. The highest BCUT2D eigenvalue weighted by atomic mass is 19.1. The maximum Gasteiger partial charge on any atom is 0.317 e. The van der Waals surface area contributed by atoms with Crippen LogP contribution < -0.4 is 4.74 Å². The fraction of sp³-hybridized carbons (Fsp3) is 0.533. The van der Waals surface area contributed by atoms with Crippen molar-refractivity contribution in [1.29, 1.82) is 0 Å². The Morgan fingerprint density at radius 1 is 1.29 bits per heavy atom. The molecule has 0 radical (unpaired) electrons. The Morgan fingerprint density at radius 2 is 2.00 bits per heavy atom. The second kappa shape index (κ2) is 7.38. The lowest BCUT2D eigenvalue weighted by atomic mass is 10.2. The van der Waals surface area contributed by atoms with Crippen molar-refractivity contribution in [3.63, 3.8) is 0 Å². The Morgan fingerprint density at radius 3 is 2.67 bits per heavy atom. The molecule has 1 aliphatic rings. The third kappa shape index (κ3) is 4.68. The maximum atomic E-state index is 13.7. The molecule has 0 atom stereocenters. The first-order chi connectivity index (χ1) is 10.1. The van der Waals surface area contributed by atoms with Gasteiger partial charge in [-0.2, -0.15) is 0 Å². The molecule has 1 N–H and O–H groups in total. The van der Waals surface area contributed by atoms with Gasteiger partial charge < -0.3 is 9.84 Å². The molecule has 0 saturated carbocycles. The van der Waals surface area contributed by atoms with Crippen molar-refractivity contribution >= 4 is 5.97 Å². The molecule has 1 heterocycles. The van der Waals surface area contributed by atoms with Crippen LogP contribution >= 0.6 is 0 Å². The smallest absolute Gasteiger partial charge is 0.317 e. The zero-order chi connectivity index (χ0) is 15.2. The molecule has 0 unspecified atom stereocenters. The molecule has 0 aromatic heterocycles. The summed E-state index contributed by atoms with van der Waals surface area (Å²) in [6.07, 6.45) is 0.923. The standard InChI is InChI=1S/C15H21FN2O3/c1-21-14-4-3-12(9-13(14)16)10-17-5-2-6-18(8-7-17)11-15(19)20/h3-4,9H,2,5-8,10-11H2,1H3,(H,19,20). The van der Waals surface area contributed by atoms with E-state index in [4.69, 9.17) is 9.84 Å². The third-order valence-corrected chi connectivity index (χ3v) is 3.66. The summed E-state index contributed by atoms with van der Waals surface area (Å²) in [5, 5.41) is 8.83. The molecular weight excluding hydrogens is 275 g/mol. The van der Waals surface area contributed by atoms with Crippen LogP contribution in [-0.4, -0.2) is 60.7 Å². The number of rotatable bonds is 5. The van der Waals surface area contributed by atoms with Gasteiger partial charge in [-0.1, -0.05) is 6.07 Å². The second-order valence-electron chi connectivity index (χ2n) is 5.27. The number of aliphatic carboxylic acids is 1. The van der Waals surface area contributed by atoms with E-state index in [1.165, 1.54) is 13.2 Å². The molecule has 1 aromatic carbocycles. The maximum absolute atomic E-state index is 13.7. The number of carboxylic acids is 1. The van der Waals surface area contributed by atoms with Crippen LogP contribution in [0.4, 0.5) is 4.39 Å². The second-order valence-corrected chi connectivity index (χ2v) is 5.27. The number of hydrogen-bond acceptors (Lipinski definition) is 4. The van der Waals surface area contributed by atoms with Gasteiger partial charge in [-0.05, 0) is 30.7 Å². The van der Waals surface area contributed by atoms with Gasteiger partial charge in [0.2, 0.25) is 0 Å². The first kappa shape index (κ1) is 15.7. The van der Waals surface area contributed by atoms with Crippen LogP contribution in [0.3, 0.4) is 0 Å². The van der Waals surface area contributed by atoms with E-state index in [1.54, 1.807) is 6.07 Å². The quantitative estimate of drug-likeness (QED) is 0.891. The van der Waals surface area contributed by atoms with Crippen molar-refractivity contribution in [2.45, 2.75) is 13.0 Å². The number of carbonyl (C=O) groups is 1. The molecular formula is C15H21FN2O3. The first-order valence-corrected chi connectivity index (χ1v) is 7.07. The molecule has 0 aliphatic carbocycles. The monoisotopic (exact) mass is 296 g/mol. The van der Waals surface area contributed by atoms with Gasteiger partial charge >= 0.3 is 5.97 Å². The summed E-state index contributed by atoms with van der Waals surface area (Å²) < 4.78 is 18.6. The summed E-state index contributed by atoms with van der Waals surface area (Å²) >= 11 is 0. The van der Waals surface area contributed by atoms with E-state index in [9.17, 15) is 9.18 Å². The van der Waals surface area contributed by atoms with E-state index in [0.29, 0.717) is 6.54 Å². The highest BCUT2D eigenvalue weighted by molar-refractivity contribution is 5.69. The summed E-state index contributed by atoms with van der Waals surface area (Å²) in [5.74, 6) is -0.889. The lowest BCUT2D eigenvalue weighted by molar-refractivity contribution is -0.138. The predicted octanol–water partition coefficient (Wildman–Crippen LogP) is 1.43. The van der Waals surface area contributed by atoms with Crippen LogP contribution in [0.25, 0.3) is 0 Å². The Hall–Kier alpha value is -1.66. The summed E-state index contributed by atoms with van der Waals surface area (Å²) in [5.41, 5.74) is 0.903. The highest BCUT2D eigenvalue weighted by Gasteiger charge is 2.17. The molecule has 21 heavy (non-hydrogen) atoms. The van der Waals surface area contributed by atoms with Crippen molar-refractivity contribution in [3.8, 4) is 5.75 Å². The minimum atomic E-state index is -0.791. The summed E-state index contributed by atoms with van der Waals surface area (Å²) in [4.78, 5) is 14.9. The van der Waals surface area contributed by atoms with E-state index >= 15 is 0 Å². The number of halogens is 1. The fourth-order valence-corrected chi connectivity index (χ4v) is 2.60. The predicted molar refractivity (Wildman–Crippen MR) is 76.9 cm³/mol. The van der Waals surface area contributed by atoms with Crippen LogP contribution in [0.15, 0.2) is 18.2 Å². The van der Waals surface area contributed by atoms with Crippen molar-refractivity contribution in [2.75, 3.05) is 39.8 Å². The van der Waals surface area contributed by atoms with Gasteiger partial charge in [0.25, 0.3) is 0 Å². The van der Waals surface area contributed by atoms with Crippen LogP contribution in [-0.2, 0) is 11.3 Å². The molecule has 2 rings (SSSR count). The molecule has 1 aliphatic heterocycles. The number of methoxy groups -OCH3 is 1. The lowest BCUT2D eigenvalue weighted by Gasteiger charge is -2.21. The zero-order valence-electron chi connectivity index (χ0n) is 12.2. The average Bonchev–Trinajstić information content (AvgIpc) is 2.64. The fourth-order valence-electron chi connectivity index (χ4n) is 2.60. The molecule has 6 heteroatoms. The summed E-state index contributed by atoms with van der Waals surface area (Å²) in [6, 6.07) is 5.00. The van der Waals surface area contributed by atoms with E-state index in [-0.39, 0.29) is 18.1 Å². The minimum absolute atomic E-state index is 0.0883. The molecule has 0 spiro atoms. The van der Waals surface area contributed by atoms with Gasteiger partial charge in [-0.3, -0.25) is 14.6 Å². The molecule has 0 amide bonds. The first-order valence-electron chi connectivity index (χ1n) is 7.07. The van der Waals surface area contributed by atoms with Crippen molar-refractivity contribution in [1.82, 2.24) is 9.80 Å². The van der Waals surface area contributed by atoms with Crippen molar-refractivity contribution < 1.29 is 19.0 Å². The Kier molecular flexibility index (Phi) is 5.52. The molecule has 1 aromatic rings. The SMILES string of the molecule is COc1ccc(CN2CCCN(CC(=O)O)CC2)cc1F.